The Bertz CT molecular complexity index is 2110. The summed E-state index contributed by atoms with van der Waals surface area (Å²) in [6.07, 6.45) is 10.0. The van der Waals surface area contributed by atoms with Gasteiger partial charge in [-0.05, 0) is 75.6 Å². The van der Waals surface area contributed by atoms with E-state index in [1.165, 1.54) is 16.7 Å². The van der Waals surface area contributed by atoms with E-state index in [4.69, 9.17) is 27.9 Å². The van der Waals surface area contributed by atoms with Crippen LogP contribution in [0.15, 0.2) is 60.9 Å². The van der Waals surface area contributed by atoms with Crippen LogP contribution < -0.4 is 30.2 Å². The molecule has 0 atom stereocenters. The molecular weight excluding hydrogens is 771 g/mol. The van der Waals surface area contributed by atoms with Crippen LogP contribution in [0.3, 0.4) is 0 Å². The van der Waals surface area contributed by atoms with Crippen LogP contribution >= 0.6 is 23.2 Å². The fraction of sp³-hybridized carbons (Fsp3) is 0.425. The van der Waals surface area contributed by atoms with Crippen molar-refractivity contribution in [1.29, 1.82) is 0 Å². The van der Waals surface area contributed by atoms with Crippen molar-refractivity contribution in [2.75, 3.05) is 44.3 Å². The van der Waals surface area contributed by atoms with Crippen LogP contribution in [0, 0.1) is 0 Å². The molecule has 0 radical (unpaired) electrons. The Hall–Kier alpha value is -5.25. The van der Waals surface area contributed by atoms with Gasteiger partial charge >= 0.3 is 18.0 Å². The van der Waals surface area contributed by atoms with Crippen molar-refractivity contribution >= 4 is 76.1 Å². The van der Waals surface area contributed by atoms with Crippen molar-refractivity contribution in [1.82, 2.24) is 19.9 Å². The predicted molar refractivity (Wildman–Crippen MR) is 220 cm³/mol. The molecule has 300 valence electrons. The molecular formula is C40H46Cl2N10O5. The number of benzene rings is 2. The van der Waals surface area contributed by atoms with Gasteiger partial charge < -0.3 is 20.5 Å². The first-order chi connectivity index (χ1) is 27.4. The number of anilines is 6. The van der Waals surface area contributed by atoms with Crippen molar-refractivity contribution < 1.29 is 24.2 Å². The van der Waals surface area contributed by atoms with Crippen LogP contribution in [0.25, 0.3) is 0 Å². The summed E-state index contributed by atoms with van der Waals surface area (Å²) >= 11 is 12.6. The number of ether oxygens (including phenoxy) is 1. The average Bonchev–Trinajstić information content (AvgIpc) is 3.20. The van der Waals surface area contributed by atoms with E-state index in [2.05, 4.69) is 30.6 Å². The normalized spacial score (nSPS) is 21.9. The highest BCUT2D eigenvalue weighted by molar-refractivity contribution is 6.34. The third kappa shape index (κ3) is 9.16. The molecule has 0 saturated heterocycles. The molecule has 17 heteroatoms. The number of nitrogens with one attached hydrogen (secondary N) is 2. The molecule has 2 aromatic carbocycles. The summed E-state index contributed by atoms with van der Waals surface area (Å²) in [4.78, 5) is 61.3. The van der Waals surface area contributed by atoms with Gasteiger partial charge in [-0.2, -0.15) is 9.97 Å². The van der Waals surface area contributed by atoms with E-state index in [0.29, 0.717) is 58.0 Å². The van der Waals surface area contributed by atoms with Crippen LogP contribution in [0.2, 0.25) is 10.0 Å². The average molecular weight is 818 g/mol. The lowest BCUT2D eigenvalue weighted by Crippen LogP contribution is -2.46. The highest BCUT2D eigenvalue weighted by Gasteiger charge is 2.34. The maximum Gasteiger partial charge on any atom is 0.330 e. The number of rotatable bonds is 7. The maximum absolute atomic E-state index is 12.9. The Labute approximate surface area is 341 Å². The van der Waals surface area contributed by atoms with Gasteiger partial charge in [0.1, 0.15) is 17.7 Å². The lowest BCUT2D eigenvalue weighted by Gasteiger charge is -2.34. The number of urea groups is 2. The minimum atomic E-state index is -0.233. The number of carbonyl (C=O) groups excluding carboxylic acids is 3. The summed E-state index contributed by atoms with van der Waals surface area (Å²) in [6.45, 7) is 2.17. The van der Waals surface area contributed by atoms with Crippen molar-refractivity contribution in [2.45, 2.75) is 95.7 Å². The molecule has 4 aromatic rings. The fourth-order valence-electron chi connectivity index (χ4n) is 7.62. The van der Waals surface area contributed by atoms with E-state index >= 15 is 0 Å². The lowest BCUT2D eigenvalue weighted by atomic mass is 9.93. The lowest BCUT2D eigenvalue weighted by molar-refractivity contribution is -0.147. The molecule has 4 amide bonds. The van der Waals surface area contributed by atoms with Gasteiger partial charge in [0.2, 0.25) is 11.9 Å². The second-order valence-corrected chi connectivity index (χ2v) is 15.5. The third-order valence-electron chi connectivity index (χ3n) is 10.7. The second-order valence-electron chi connectivity index (χ2n) is 14.7. The standard InChI is InChI=1S/C21H24ClN5O3.C19H22ClN5O2/c1-13(28)30-16-9-7-15(8-10-16)24-20-23-11-14-12-27(18-6-4-3-5-17(18)22)21(29)26(2)19(14)25-20;1-24-17-12(11-25(19(24)27)16-5-3-2-4-15(16)20)10-21-18(23-17)22-13-6-8-14(26)9-7-13/h3-6,11,15-16H,7-10,12H2,1-2H3,(H,23,24,25);2-5,10,13-14,26H,6-9,11H2,1H3,(H,21,22,23). The highest BCUT2D eigenvalue weighted by atomic mass is 35.5. The summed E-state index contributed by atoms with van der Waals surface area (Å²) in [5.74, 6) is 1.98. The molecule has 0 spiro atoms. The highest BCUT2D eigenvalue weighted by Crippen LogP contribution is 2.36. The van der Waals surface area contributed by atoms with Crippen LogP contribution in [0.4, 0.5) is 44.5 Å². The predicted octanol–water partition coefficient (Wildman–Crippen LogP) is 7.41. The molecule has 57 heavy (non-hydrogen) atoms. The second kappa shape index (κ2) is 17.5. The first-order valence-electron chi connectivity index (χ1n) is 19.1. The topological polar surface area (TPSA) is 169 Å². The number of hydrogen-bond acceptors (Lipinski definition) is 11. The van der Waals surface area contributed by atoms with Gasteiger partial charge in [0.25, 0.3) is 0 Å². The summed E-state index contributed by atoms with van der Waals surface area (Å²) < 4.78 is 5.29. The van der Waals surface area contributed by atoms with Crippen LogP contribution in [0.5, 0.6) is 0 Å². The summed E-state index contributed by atoms with van der Waals surface area (Å²) in [5, 5.41) is 17.4. The zero-order chi connectivity index (χ0) is 40.2. The van der Waals surface area contributed by atoms with E-state index < -0.39 is 0 Å². The van der Waals surface area contributed by atoms with Crippen molar-refractivity contribution in [3.63, 3.8) is 0 Å². The van der Waals surface area contributed by atoms with Crippen molar-refractivity contribution in [2.24, 2.45) is 0 Å². The Morgan fingerprint density at radius 3 is 1.54 bits per heavy atom. The number of halogens is 2. The molecule has 15 nitrogen and oxygen atoms in total. The Kier molecular flexibility index (Phi) is 12.3. The smallest absolute Gasteiger partial charge is 0.330 e. The molecule has 4 heterocycles. The molecule has 2 saturated carbocycles. The molecule has 3 N–H and O–H groups in total. The van der Waals surface area contributed by atoms with E-state index in [1.807, 2.05) is 36.4 Å². The van der Waals surface area contributed by atoms with Crippen LogP contribution in [0.1, 0.15) is 69.4 Å². The minimum absolute atomic E-state index is 0.00968. The van der Waals surface area contributed by atoms with Gasteiger partial charge in [0, 0.05) is 56.6 Å². The Balaban J connectivity index is 0.000000175. The van der Waals surface area contributed by atoms with Crippen molar-refractivity contribution in [3.8, 4) is 0 Å². The van der Waals surface area contributed by atoms with Crippen molar-refractivity contribution in [3.05, 3.63) is 82.1 Å². The first-order valence-corrected chi connectivity index (χ1v) is 19.9. The zero-order valence-electron chi connectivity index (χ0n) is 32.1. The van der Waals surface area contributed by atoms with E-state index in [0.717, 1.165) is 62.5 Å². The molecule has 2 aliphatic carbocycles. The monoisotopic (exact) mass is 816 g/mol. The quantitative estimate of drug-likeness (QED) is 0.159. The van der Waals surface area contributed by atoms with Crippen LogP contribution in [-0.4, -0.2) is 81.5 Å². The van der Waals surface area contributed by atoms with Gasteiger partial charge in [-0.15, -0.1) is 0 Å². The van der Waals surface area contributed by atoms with Gasteiger partial charge in [0.05, 0.1) is 40.6 Å². The number of nitrogens with zero attached hydrogens (tertiary/aromatic N) is 8. The number of aliphatic hydroxyl groups excluding tert-OH is 1. The van der Waals surface area contributed by atoms with Gasteiger partial charge in [-0.3, -0.25) is 24.4 Å². The number of para-hydroxylation sites is 2. The molecule has 8 rings (SSSR count). The number of aromatic nitrogens is 4. The van der Waals surface area contributed by atoms with Gasteiger partial charge in [0.15, 0.2) is 0 Å². The van der Waals surface area contributed by atoms with E-state index in [-0.39, 0.29) is 42.3 Å². The van der Waals surface area contributed by atoms with E-state index in [1.54, 1.807) is 48.4 Å². The van der Waals surface area contributed by atoms with Gasteiger partial charge in [-0.1, -0.05) is 47.5 Å². The molecule has 2 aliphatic heterocycles. The van der Waals surface area contributed by atoms with Crippen LogP contribution in [-0.2, 0) is 22.6 Å². The first kappa shape index (κ1) is 40.0. The zero-order valence-corrected chi connectivity index (χ0v) is 33.6. The Morgan fingerprint density at radius 2 is 1.12 bits per heavy atom. The molecule has 4 aliphatic rings. The largest absolute Gasteiger partial charge is 0.463 e. The SMILES string of the molecule is CC(=O)OC1CCC(Nc2ncc3c(n2)N(C)C(=O)N(c2ccccc2Cl)C3)CC1.CN1C(=O)N(c2ccccc2Cl)Cc2cnc(NC3CCC(O)CC3)nc21. The third-order valence-corrected chi connectivity index (χ3v) is 11.3. The molecule has 2 fully saturated rings. The molecule has 2 aromatic heterocycles. The minimum Gasteiger partial charge on any atom is -0.463 e. The number of hydrogen-bond donors (Lipinski definition) is 3. The number of aliphatic hydroxyl groups is 1. The summed E-state index contributed by atoms with van der Waals surface area (Å²) in [6, 6.07) is 14.6. The van der Waals surface area contributed by atoms with Gasteiger partial charge in [-0.25, -0.2) is 19.6 Å². The maximum atomic E-state index is 12.9. The fourth-order valence-corrected chi connectivity index (χ4v) is 8.10. The number of fused-ring (bicyclic) bond motifs is 2. The summed E-state index contributed by atoms with van der Waals surface area (Å²) in [7, 11) is 3.41. The number of esters is 1. The number of amides is 4. The molecule has 0 bridgehead atoms. The number of carbonyl (C=O) groups is 3. The Morgan fingerprint density at radius 1 is 0.702 bits per heavy atom. The van der Waals surface area contributed by atoms with E-state index in [9.17, 15) is 19.5 Å². The summed E-state index contributed by atoms with van der Waals surface area (Å²) in [5.41, 5.74) is 3.04. The molecule has 0 unspecified atom stereocenters.